The van der Waals surface area contributed by atoms with Crippen LogP contribution in [0.5, 0.6) is 0 Å². The van der Waals surface area contributed by atoms with E-state index in [0.29, 0.717) is 10.8 Å². The molecule has 1 heterocycles. The van der Waals surface area contributed by atoms with Gasteiger partial charge in [-0.1, -0.05) is 11.6 Å². The van der Waals surface area contributed by atoms with Crippen LogP contribution in [0.4, 0.5) is 5.69 Å². The van der Waals surface area contributed by atoms with Crippen LogP contribution in [0.1, 0.15) is 0 Å². The summed E-state index contributed by atoms with van der Waals surface area (Å²) >= 11 is 7.26. The zero-order valence-electron chi connectivity index (χ0n) is 9.47. The van der Waals surface area contributed by atoms with E-state index in [1.165, 1.54) is 11.8 Å². The van der Waals surface area contributed by atoms with Crippen molar-refractivity contribution in [2.45, 2.75) is 4.90 Å². The van der Waals surface area contributed by atoms with Crippen molar-refractivity contribution < 1.29 is 4.79 Å². The Bertz CT molecular complexity index is 516. The summed E-state index contributed by atoms with van der Waals surface area (Å²) in [7, 11) is 0. The summed E-state index contributed by atoms with van der Waals surface area (Å²) in [5, 5.41) is 3.49. The number of nitrogens with zero attached hydrogens (tertiary/aromatic N) is 1. The number of rotatable bonds is 4. The van der Waals surface area contributed by atoms with Crippen LogP contribution in [0.3, 0.4) is 0 Å². The second-order valence-corrected chi connectivity index (χ2v) is 5.01. The average Bonchev–Trinajstić information content (AvgIpc) is 2.39. The Kier molecular flexibility index (Phi) is 4.61. The molecule has 0 saturated carbocycles. The Balaban J connectivity index is 1.83. The lowest BCUT2D eigenvalue weighted by molar-refractivity contribution is -0.113. The SMILES string of the molecule is O=C(CSc1ccc(Cl)cc1)Nc1ccncc1. The summed E-state index contributed by atoms with van der Waals surface area (Å²) in [5.74, 6) is 0.324. The topological polar surface area (TPSA) is 42.0 Å². The van der Waals surface area contributed by atoms with Crippen LogP contribution in [0.15, 0.2) is 53.7 Å². The number of benzene rings is 1. The van der Waals surface area contributed by atoms with Crippen LogP contribution in [-0.4, -0.2) is 16.6 Å². The summed E-state index contributed by atoms with van der Waals surface area (Å²) in [6.07, 6.45) is 3.28. The Morgan fingerprint density at radius 3 is 2.50 bits per heavy atom. The number of carbonyl (C=O) groups is 1. The molecule has 0 radical (unpaired) electrons. The van der Waals surface area contributed by atoms with Gasteiger partial charge in [-0.05, 0) is 36.4 Å². The molecule has 1 aromatic carbocycles. The highest BCUT2D eigenvalue weighted by Crippen LogP contribution is 2.20. The quantitative estimate of drug-likeness (QED) is 0.871. The van der Waals surface area contributed by atoms with Gasteiger partial charge >= 0.3 is 0 Å². The molecule has 0 aliphatic rings. The highest BCUT2D eigenvalue weighted by molar-refractivity contribution is 8.00. The van der Waals surface area contributed by atoms with Gasteiger partial charge in [0.2, 0.25) is 5.91 Å². The molecule has 18 heavy (non-hydrogen) atoms. The molecule has 0 spiro atoms. The summed E-state index contributed by atoms with van der Waals surface area (Å²) in [6.45, 7) is 0. The summed E-state index contributed by atoms with van der Waals surface area (Å²) in [4.78, 5) is 16.6. The highest BCUT2D eigenvalue weighted by Gasteiger charge is 2.03. The molecule has 0 fully saturated rings. The van der Waals surface area contributed by atoms with Gasteiger partial charge in [-0.25, -0.2) is 0 Å². The Hall–Kier alpha value is -1.52. The Labute approximate surface area is 115 Å². The smallest absolute Gasteiger partial charge is 0.234 e. The van der Waals surface area contributed by atoms with Gasteiger partial charge in [-0.3, -0.25) is 9.78 Å². The second-order valence-electron chi connectivity index (χ2n) is 3.53. The highest BCUT2D eigenvalue weighted by atomic mass is 35.5. The fourth-order valence-corrected chi connectivity index (χ4v) is 2.14. The van der Waals surface area contributed by atoms with Gasteiger partial charge in [-0.15, -0.1) is 11.8 Å². The normalized spacial score (nSPS) is 10.1. The molecule has 1 aromatic heterocycles. The van der Waals surface area contributed by atoms with Crippen molar-refractivity contribution in [1.82, 2.24) is 4.98 Å². The molecule has 2 rings (SSSR count). The first kappa shape index (κ1) is 12.9. The predicted molar refractivity (Wildman–Crippen MR) is 75.0 cm³/mol. The Morgan fingerprint density at radius 1 is 1.17 bits per heavy atom. The van der Waals surface area contributed by atoms with Gasteiger partial charge in [0, 0.05) is 28.0 Å². The van der Waals surface area contributed by atoms with E-state index in [2.05, 4.69) is 10.3 Å². The lowest BCUT2D eigenvalue weighted by Crippen LogP contribution is -2.13. The van der Waals surface area contributed by atoms with Crippen molar-refractivity contribution in [3.8, 4) is 0 Å². The lowest BCUT2D eigenvalue weighted by atomic mass is 10.4. The van der Waals surface area contributed by atoms with Crippen molar-refractivity contribution in [1.29, 1.82) is 0 Å². The number of anilines is 1. The summed E-state index contributed by atoms with van der Waals surface area (Å²) in [5.41, 5.74) is 0.756. The molecule has 5 heteroatoms. The number of carbonyl (C=O) groups excluding carboxylic acids is 1. The number of halogens is 1. The summed E-state index contributed by atoms with van der Waals surface area (Å²) < 4.78 is 0. The molecule has 3 nitrogen and oxygen atoms in total. The summed E-state index contributed by atoms with van der Waals surface area (Å²) in [6, 6.07) is 10.9. The monoisotopic (exact) mass is 278 g/mol. The molecule has 0 atom stereocenters. The standard InChI is InChI=1S/C13H11ClN2OS/c14-10-1-3-12(4-2-10)18-9-13(17)16-11-5-7-15-8-6-11/h1-8H,9H2,(H,15,16,17). The number of hydrogen-bond donors (Lipinski definition) is 1. The zero-order valence-corrected chi connectivity index (χ0v) is 11.0. The van der Waals surface area contributed by atoms with E-state index in [4.69, 9.17) is 11.6 Å². The van der Waals surface area contributed by atoms with E-state index in [-0.39, 0.29) is 5.91 Å². The van der Waals surface area contributed by atoms with E-state index < -0.39 is 0 Å². The predicted octanol–water partition coefficient (Wildman–Crippen LogP) is 3.47. The van der Waals surface area contributed by atoms with E-state index >= 15 is 0 Å². The van der Waals surface area contributed by atoms with Crippen molar-refractivity contribution in [3.05, 3.63) is 53.8 Å². The van der Waals surface area contributed by atoms with Gasteiger partial charge in [-0.2, -0.15) is 0 Å². The third kappa shape index (κ3) is 4.05. The number of thioether (sulfide) groups is 1. The number of aromatic nitrogens is 1. The minimum atomic E-state index is -0.0406. The maximum Gasteiger partial charge on any atom is 0.234 e. The molecule has 1 amide bonds. The molecule has 0 aliphatic heterocycles. The van der Waals surface area contributed by atoms with Gasteiger partial charge in [0.25, 0.3) is 0 Å². The van der Waals surface area contributed by atoms with Gasteiger partial charge in [0.1, 0.15) is 0 Å². The van der Waals surface area contributed by atoms with Crippen LogP contribution < -0.4 is 5.32 Å². The van der Waals surface area contributed by atoms with Crippen LogP contribution in [-0.2, 0) is 4.79 Å². The maximum atomic E-state index is 11.7. The first-order valence-corrected chi connectivity index (χ1v) is 6.68. The van der Waals surface area contributed by atoms with Gasteiger partial charge in [0.05, 0.1) is 5.75 Å². The number of hydrogen-bond acceptors (Lipinski definition) is 3. The van der Waals surface area contributed by atoms with Crippen LogP contribution in [0.2, 0.25) is 5.02 Å². The second kappa shape index (κ2) is 6.42. The third-order valence-corrected chi connectivity index (χ3v) is 3.41. The first-order chi connectivity index (χ1) is 8.74. The van der Waals surface area contributed by atoms with Crippen LogP contribution >= 0.6 is 23.4 Å². The van der Waals surface area contributed by atoms with Gasteiger partial charge < -0.3 is 5.32 Å². The fraction of sp³-hybridized carbons (Fsp3) is 0.0769. The molecule has 0 saturated heterocycles. The molecule has 1 N–H and O–H groups in total. The van der Waals surface area contributed by atoms with Crippen molar-refractivity contribution in [2.24, 2.45) is 0 Å². The minimum Gasteiger partial charge on any atom is -0.325 e. The van der Waals surface area contributed by atoms with E-state index in [1.54, 1.807) is 24.5 Å². The molecule has 0 unspecified atom stereocenters. The van der Waals surface area contributed by atoms with Crippen molar-refractivity contribution in [2.75, 3.05) is 11.1 Å². The Morgan fingerprint density at radius 2 is 1.83 bits per heavy atom. The first-order valence-electron chi connectivity index (χ1n) is 5.32. The number of pyridine rings is 1. The molecule has 0 aliphatic carbocycles. The number of amides is 1. The van der Waals surface area contributed by atoms with Crippen LogP contribution in [0, 0.1) is 0 Å². The molecule has 92 valence electrons. The average molecular weight is 279 g/mol. The van der Waals surface area contributed by atoms with Crippen molar-refractivity contribution in [3.63, 3.8) is 0 Å². The van der Waals surface area contributed by atoms with Crippen LogP contribution in [0.25, 0.3) is 0 Å². The molecular weight excluding hydrogens is 268 g/mol. The van der Waals surface area contributed by atoms with E-state index in [1.807, 2.05) is 24.3 Å². The van der Waals surface area contributed by atoms with E-state index in [9.17, 15) is 4.79 Å². The zero-order chi connectivity index (χ0) is 12.8. The minimum absolute atomic E-state index is 0.0406. The fourth-order valence-electron chi connectivity index (χ4n) is 1.31. The lowest BCUT2D eigenvalue weighted by Gasteiger charge is -2.04. The molecular formula is C13H11ClN2OS. The van der Waals surface area contributed by atoms with Crippen molar-refractivity contribution >= 4 is 35.0 Å². The molecule has 0 bridgehead atoms. The number of nitrogens with one attached hydrogen (secondary N) is 1. The van der Waals surface area contributed by atoms with Gasteiger partial charge in [0.15, 0.2) is 0 Å². The third-order valence-electron chi connectivity index (χ3n) is 2.15. The van der Waals surface area contributed by atoms with E-state index in [0.717, 1.165) is 10.6 Å². The maximum absolute atomic E-state index is 11.7. The molecule has 2 aromatic rings. The largest absolute Gasteiger partial charge is 0.325 e.